The third-order valence-corrected chi connectivity index (χ3v) is 2.81. The van der Waals surface area contributed by atoms with Crippen LogP contribution in [0.15, 0.2) is 34.9 Å². The van der Waals surface area contributed by atoms with Crippen LogP contribution < -0.4 is 0 Å². The molecular weight excluding hydrogens is 256 g/mol. The monoisotopic (exact) mass is 266 g/mol. The van der Waals surface area contributed by atoms with Crippen LogP contribution in [0.4, 0.5) is 0 Å². The molecule has 0 unspecified atom stereocenters. The summed E-state index contributed by atoms with van der Waals surface area (Å²) in [5.41, 5.74) is 1.92. The summed E-state index contributed by atoms with van der Waals surface area (Å²) in [7, 11) is 0. The number of aromatic nitrogens is 2. The van der Waals surface area contributed by atoms with E-state index < -0.39 is 0 Å². The van der Waals surface area contributed by atoms with E-state index in [4.69, 9.17) is 5.11 Å². The summed E-state index contributed by atoms with van der Waals surface area (Å²) in [6.07, 6.45) is 0.749. The van der Waals surface area contributed by atoms with Crippen LogP contribution in [-0.2, 0) is 13.0 Å². The molecule has 1 aromatic carbocycles. The number of imidazole rings is 1. The predicted octanol–water partition coefficient (Wildman–Crippen LogP) is 2.26. The van der Waals surface area contributed by atoms with Crippen molar-refractivity contribution >= 4 is 15.9 Å². The van der Waals surface area contributed by atoms with Gasteiger partial charge in [0.1, 0.15) is 10.4 Å². The van der Waals surface area contributed by atoms with E-state index in [0.717, 1.165) is 17.9 Å². The summed E-state index contributed by atoms with van der Waals surface area (Å²) < 4.78 is 0.691. The van der Waals surface area contributed by atoms with E-state index in [0.29, 0.717) is 4.60 Å². The number of halogens is 1. The molecule has 1 heterocycles. The molecule has 4 heteroatoms. The van der Waals surface area contributed by atoms with Gasteiger partial charge in [-0.25, -0.2) is 4.98 Å². The minimum absolute atomic E-state index is 0.0254. The van der Waals surface area contributed by atoms with E-state index in [-0.39, 0.29) is 6.61 Å². The maximum absolute atomic E-state index is 9.00. The molecule has 3 nitrogen and oxygen atoms in total. The minimum atomic E-state index is -0.0254. The second kappa shape index (κ2) is 4.59. The van der Waals surface area contributed by atoms with Crippen molar-refractivity contribution in [2.75, 3.05) is 0 Å². The Bertz CT molecular complexity index is 439. The van der Waals surface area contributed by atoms with Gasteiger partial charge in [0.25, 0.3) is 0 Å². The normalized spacial score (nSPS) is 10.5. The van der Waals surface area contributed by atoms with Gasteiger partial charge in [0.15, 0.2) is 0 Å². The van der Waals surface area contributed by atoms with Crippen LogP contribution >= 0.6 is 15.9 Å². The van der Waals surface area contributed by atoms with Crippen LogP contribution in [0, 0.1) is 0 Å². The molecule has 0 amide bonds. The largest absolute Gasteiger partial charge is 0.390 e. The second-order valence-electron chi connectivity index (χ2n) is 3.27. The van der Waals surface area contributed by atoms with Gasteiger partial charge in [-0.3, -0.25) is 0 Å². The standard InChI is InChI=1S/C11H11BrN2O/c12-11-9(7-15)13-10(14-11)6-8-4-2-1-3-5-8/h1-5,15H,6-7H2,(H,13,14). The van der Waals surface area contributed by atoms with Crippen LogP contribution in [0.5, 0.6) is 0 Å². The first-order chi connectivity index (χ1) is 7.29. The fourth-order valence-electron chi connectivity index (χ4n) is 1.42. The van der Waals surface area contributed by atoms with Crippen molar-refractivity contribution < 1.29 is 5.11 Å². The number of hydrogen-bond acceptors (Lipinski definition) is 2. The number of aliphatic hydroxyl groups excluding tert-OH is 1. The van der Waals surface area contributed by atoms with E-state index in [1.807, 2.05) is 18.2 Å². The van der Waals surface area contributed by atoms with Gasteiger partial charge in [0.2, 0.25) is 0 Å². The van der Waals surface area contributed by atoms with Gasteiger partial charge >= 0.3 is 0 Å². The third kappa shape index (κ3) is 2.46. The van der Waals surface area contributed by atoms with Crippen LogP contribution in [0.2, 0.25) is 0 Å². The molecule has 0 aliphatic carbocycles. The van der Waals surface area contributed by atoms with E-state index in [1.54, 1.807) is 0 Å². The molecule has 0 bridgehead atoms. The fraction of sp³-hybridized carbons (Fsp3) is 0.182. The average Bonchev–Trinajstić information content (AvgIpc) is 2.60. The van der Waals surface area contributed by atoms with Crippen molar-refractivity contribution in [3.8, 4) is 0 Å². The molecule has 0 aliphatic rings. The van der Waals surface area contributed by atoms with Crippen molar-refractivity contribution in [2.24, 2.45) is 0 Å². The fourth-order valence-corrected chi connectivity index (χ4v) is 1.86. The quantitative estimate of drug-likeness (QED) is 0.896. The number of benzene rings is 1. The Hall–Kier alpha value is -1.13. The number of nitrogens with zero attached hydrogens (tertiary/aromatic N) is 1. The van der Waals surface area contributed by atoms with E-state index in [9.17, 15) is 0 Å². The molecule has 0 aliphatic heterocycles. The Kier molecular flexibility index (Phi) is 3.18. The number of aliphatic hydroxyl groups is 1. The van der Waals surface area contributed by atoms with Crippen molar-refractivity contribution in [1.29, 1.82) is 0 Å². The Morgan fingerprint density at radius 2 is 2.00 bits per heavy atom. The van der Waals surface area contributed by atoms with Crippen LogP contribution in [0.3, 0.4) is 0 Å². The SMILES string of the molecule is OCc1[nH]c(Cc2ccccc2)nc1Br. The van der Waals surface area contributed by atoms with Gasteiger partial charge in [-0.1, -0.05) is 30.3 Å². The molecule has 0 fully saturated rings. The summed E-state index contributed by atoms with van der Waals surface area (Å²) in [5, 5.41) is 9.00. The third-order valence-electron chi connectivity index (χ3n) is 2.15. The van der Waals surface area contributed by atoms with Gasteiger partial charge in [-0.05, 0) is 21.5 Å². The summed E-state index contributed by atoms with van der Waals surface area (Å²) in [6, 6.07) is 10.1. The average molecular weight is 267 g/mol. The molecule has 2 rings (SSSR count). The molecule has 2 aromatic rings. The smallest absolute Gasteiger partial charge is 0.129 e. The molecule has 2 N–H and O–H groups in total. The first-order valence-electron chi connectivity index (χ1n) is 4.67. The highest BCUT2D eigenvalue weighted by molar-refractivity contribution is 9.10. The van der Waals surface area contributed by atoms with Crippen LogP contribution in [-0.4, -0.2) is 15.1 Å². The summed E-state index contributed by atoms with van der Waals surface area (Å²) in [4.78, 5) is 7.35. The van der Waals surface area contributed by atoms with E-state index >= 15 is 0 Å². The molecular formula is C11H11BrN2O. The topological polar surface area (TPSA) is 48.9 Å². The first-order valence-corrected chi connectivity index (χ1v) is 5.47. The van der Waals surface area contributed by atoms with Gasteiger partial charge in [0, 0.05) is 6.42 Å². The highest BCUT2D eigenvalue weighted by Gasteiger charge is 2.06. The van der Waals surface area contributed by atoms with Crippen molar-refractivity contribution in [2.45, 2.75) is 13.0 Å². The zero-order valence-corrected chi connectivity index (χ0v) is 9.66. The number of aromatic amines is 1. The lowest BCUT2D eigenvalue weighted by atomic mass is 10.1. The zero-order chi connectivity index (χ0) is 10.7. The summed E-state index contributed by atoms with van der Waals surface area (Å²) >= 11 is 3.29. The minimum Gasteiger partial charge on any atom is -0.390 e. The van der Waals surface area contributed by atoms with Crippen molar-refractivity contribution in [3.63, 3.8) is 0 Å². The number of rotatable bonds is 3. The lowest BCUT2D eigenvalue weighted by Crippen LogP contribution is -1.90. The van der Waals surface area contributed by atoms with Gasteiger partial charge in [0.05, 0.1) is 12.3 Å². The maximum atomic E-state index is 9.00. The molecule has 15 heavy (non-hydrogen) atoms. The molecule has 0 radical (unpaired) electrons. The highest BCUT2D eigenvalue weighted by atomic mass is 79.9. The molecule has 0 spiro atoms. The van der Waals surface area contributed by atoms with Gasteiger partial charge < -0.3 is 10.1 Å². The molecule has 0 saturated carbocycles. The Labute approximate surface area is 96.3 Å². The Morgan fingerprint density at radius 1 is 1.27 bits per heavy atom. The second-order valence-corrected chi connectivity index (χ2v) is 4.02. The zero-order valence-electron chi connectivity index (χ0n) is 8.07. The summed E-state index contributed by atoms with van der Waals surface area (Å²) in [5.74, 6) is 0.858. The maximum Gasteiger partial charge on any atom is 0.129 e. The Morgan fingerprint density at radius 3 is 2.60 bits per heavy atom. The molecule has 0 saturated heterocycles. The van der Waals surface area contributed by atoms with Crippen LogP contribution in [0.1, 0.15) is 17.1 Å². The van der Waals surface area contributed by atoms with Crippen molar-refractivity contribution in [1.82, 2.24) is 9.97 Å². The van der Waals surface area contributed by atoms with E-state index in [1.165, 1.54) is 5.56 Å². The lowest BCUT2D eigenvalue weighted by Gasteiger charge is -1.96. The lowest BCUT2D eigenvalue weighted by molar-refractivity contribution is 0.276. The molecule has 78 valence electrons. The van der Waals surface area contributed by atoms with Gasteiger partial charge in [-0.2, -0.15) is 0 Å². The predicted molar refractivity (Wildman–Crippen MR) is 61.5 cm³/mol. The first kappa shape index (κ1) is 10.4. The molecule has 1 aromatic heterocycles. The van der Waals surface area contributed by atoms with E-state index in [2.05, 4.69) is 38.0 Å². The van der Waals surface area contributed by atoms with Crippen molar-refractivity contribution in [3.05, 3.63) is 52.0 Å². The van der Waals surface area contributed by atoms with Gasteiger partial charge in [-0.15, -0.1) is 0 Å². The number of hydrogen-bond donors (Lipinski definition) is 2. The van der Waals surface area contributed by atoms with Crippen LogP contribution in [0.25, 0.3) is 0 Å². The highest BCUT2D eigenvalue weighted by Crippen LogP contribution is 2.15. The number of H-pyrrole nitrogens is 1. The number of nitrogens with one attached hydrogen (secondary N) is 1. The summed E-state index contributed by atoms with van der Waals surface area (Å²) in [6.45, 7) is -0.0254. The molecule has 0 atom stereocenters. The Balaban J connectivity index is 2.18.